The lowest BCUT2D eigenvalue weighted by Crippen LogP contribution is -2.37. The molecule has 0 unspecified atom stereocenters. The Morgan fingerprint density at radius 3 is 2.70 bits per heavy atom. The molecule has 0 spiro atoms. The smallest absolute Gasteiger partial charge is 0.332 e. The number of aromatic nitrogens is 4. The van der Waals surface area contributed by atoms with Crippen molar-refractivity contribution in [3.63, 3.8) is 0 Å². The second-order valence-electron chi connectivity index (χ2n) is 5.76. The van der Waals surface area contributed by atoms with Gasteiger partial charge in [-0.2, -0.15) is 10.1 Å². The molecule has 2 aromatic heterocycles. The molecule has 0 saturated carbocycles. The van der Waals surface area contributed by atoms with E-state index in [2.05, 4.69) is 31.4 Å². The lowest BCUT2D eigenvalue weighted by Gasteiger charge is -2.07. The molecule has 27 heavy (non-hydrogen) atoms. The number of phenols is 1. The van der Waals surface area contributed by atoms with Crippen LogP contribution in [0.1, 0.15) is 5.56 Å². The van der Waals surface area contributed by atoms with Crippen LogP contribution in [-0.4, -0.2) is 41.7 Å². The largest absolute Gasteiger partial charge is 0.507 e. The van der Waals surface area contributed by atoms with Crippen LogP contribution in [0.2, 0.25) is 0 Å². The fraction of sp³-hybridized carbons (Fsp3) is 0.250. The summed E-state index contributed by atoms with van der Waals surface area (Å²) in [6.07, 6.45) is 1.39. The SMILES string of the molecule is Cn1c(=O)c2c(nc(N/N=C\c3ccc(Br)cc3O)n2CCO)n(C)c1=O. The third-order valence-electron chi connectivity index (χ3n) is 4.03. The summed E-state index contributed by atoms with van der Waals surface area (Å²) in [6.45, 7) is -0.144. The van der Waals surface area contributed by atoms with Gasteiger partial charge in [0.05, 0.1) is 12.8 Å². The van der Waals surface area contributed by atoms with Gasteiger partial charge in [0.1, 0.15) is 5.75 Å². The first-order chi connectivity index (χ1) is 12.8. The number of benzene rings is 1. The van der Waals surface area contributed by atoms with E-state index in [4.69, 9.17) is 0 Å². The first kappa shape index (κ1) is 18.9. The minimum atomic E-state index is -0.517. The average molecular weight is 437 g/mol. The van der Waals surface area contributed by atoms with Gasteiger partial charge in [0, 0.05) is 30.7 Å². The Morgan fingerprint density at radius 1 is 1.30 bits per heavy atom. The van der Waals surface area contributed by atoms with Gasteiger partial charge < -0.3 is 14.8 Å². The predicted octanol–water partition coefficient (Wildman–Crippen LogP) is 0.340. The Labute approximate surface area is 161 Å². The van der Waals surface area contributed by atoms with Crippen molar-refractivity contribution in [2.24, 2.45) is 19.2 Å². The number of aliphatic hydroxyl groups excluding tert-OH is 1. The van der Waals surface area contributed by atoms with Crippen molar-refractivity contribution in [3.05, 3.63) is 49.1 Å². The lowest BCUT2D eigenvalue weighted by molar-refractivity contribution is 0.278. The molecule has 0 saturated heterocycles. The van der Waals surface area contributed by atoms with Gasteiger partial charge >= 0.3 is 5.69 Å². The van der Waals surface area contributed by atoms with Gasteiger partial charge in [-0.25, -0.2) is 10.2 Å². The minimum Gasteiger partial charge on any atom is -0.507 e. The molecule has 142 valence electrons. The molecule has 3 aromatic rings. The molecule has 11 heteroatoms. The molecular weight excluding hydrogens is 420 g/mol. The Morgan fingerprint density at radius 2 is 2.04 bits per heavy atom. The second kappa shape index (κ2) is 7.37. The number of nitrogens with zero attached hydrogens (tertiary/aromatic N) is 5. The van der Waals surface area contributed by atoms with E-state index in [1.165, 1.54) is 35.5 Å². The summed E-state index contributed by atoms with van der Waals surface area (Å²) < 4.78 is 4.41. The van der Waals surface area contributed by atoms with Crippen molar-refractivity contribution in [1.82, 2.24) is 18.7 Å². The molecule has 0 fully saturated rings. The molecule has 0 aliphatic rings. The van der Waals surface area contributed by atoms with Gasteiger partial charge in [-0.05, 0) is 18.2 Å². The minimum absolute atomic E-state index is 0.0371. The van der Waals surface area contributed by atoms with E-state index in [1.54, 1.807) is 12.1 Å². The number of aryl methyl sites for hydroxylation is 1. The van der Waals surface area contributed by atoms with Gasteiger partial charge in [-0.1, -0.05) is 15.9 Å². The van der Waals surface area contributed by atoms with Crippen LogP contribution in [-0.2, 0) is 20.6 Å². The quantitative estimate of drug-likeness (QED) is 0.391. The third kappa shape index (κ3) is 3.38. The Bertz CT molecular complexity index is 1160. The van der Waals surface area contributed by atoms with E-state index in [9.17, 15) is 19.8 Å². The molecule has 3 rings (SSSR count). The van der Waals surface area contributed by atoms with Crippen molar-refractivity contribution in [1.29, 1.82) is 0 Å². The summed E-state index contributed by atoms with van der Waals surface area (Å²) >= 11 is 3.26. The fourth-order valence-corrected chi connectivity index (χ4v) is 2.98. The number of halogens is 1. The van der Waals surface area contributed by atoms with E-state index >= 15 is 0 Å². The summed E-state index contributed by atoms with van der Waals surface area (Å²) in [5.74, 6) is 0.222. The van der Waals surface area contributed by atoms with Crippen molar-refractivity contribution >= 4 is 39.3 Å². The van der Waals surface area contributed by atoms with Crippen molar-refractivity contribution in [2.75, 3.05) is 12.0 Å². The van der Waals surface area contributed by atoms with Crippen LogP contribution in [0.3, 0.4) is 0 Å². The number of imidazole rings is 1. The Hall–Kier alpha value is -2.92. The monoisotopic (exact) mass is 436 g/mol. The summed E-state index contributed by atoms with van der Waals surface area (Å²) in [4.78, 5) is 28.8. The summed E-state index contributed by atoms with van der Waals surface area (Å²) in [6, 6.07) is 4.95. The highest BCUT2D eigenvalue weighted by atomic mass is 79.9. The number of hydrazone groups is 1. The number of hydrogen-bond donors (Lipinski definition) is 3. The number of hydrogen-bond acceptors (Lipinski definition) is 7. The molecule has 10 nitrogen and oxygen atoms in total. The van der Waals surface area contributed by atoms with E-state index in [1.807, 2.05) is 0 Å². The lowest BCUT2D eigenvalue weighted by atomic mass is 10.2. The van der Waals surface area contributed by atoms with Crippen LogP contribution in [0.4, 0.5) is 5.95 Å². The zero-order valence-electron chi connectivity index (χ0n) is 14.5. The zero-order chi connectivity index (χ0) is 19.7. The number of anilines is 1. The summed E-state index contributed by atoms with van der Waals surface area (Å²) in [5, 5.41) is 23.3. The maximum atomic E-state index is 12.5. The zero-order valence-corrected chi connectivity index (χ0v) is 16.1. The maximum absolute atomic E-state index is 12.5. The maximum Gasteiger partial charge on any atom is 0.332 e. The molecule has 3 N–H and O–H groups in total. The number of fused-ring (bicyclic) bond motifs is 1. The number of nitrogens with one attached hydrogen (secondary N) is 1. The Kier molecular flexibility index (Phi) is 5.15. The van der Waals surface area contributed by atoms with Crippen LogP contribution < -0.4 is 16.7 Å². The Balaban J connectivity index is 2.06. The highest BCUT2D eigenvalue weighted by Crippen LogP contribution is 2.21. The van der Waals surface area contributed by atoms with Crippen LogP contribution in [0.5, 0.6) is 5.75 Å². The molecule has 2 heterocycles. The summed E-state index contributed by atoms with van der Waals surface area (Å²) in [5.41, 5.74) is 2.51. The number of aromatic hydroxyl groups is 1. The molecular formula is C16H17BrN6O4. The molecule has 0 bridgehead atoms. The van der Waals surface area contributed by atoms with Gasteiger partial charge in [0.15, 0.2) is 11.2 Å². The van der Waals surface area contributed by atoms with Gasteiger partial charge in [0.25, 0.3) is 5.56 Å². The first-order valence-electron chi connectivity index (χ1n) is 7.90. The van der Waals surface area contributed by atoms with Gasteiger partial charge in [-0.3, -0.25) is 13.9 Å². The van der Waals surface area contributed by atoms with Crippen molar-refractivity contribution in [2.45, 2.75) is 6.54 Å². The molecule has 0 aliphatic heterocycles. The topological polar surface area (TPSA) is 127 Å². The van der Waals surface area contributed by atoms with Crippen LogP contribution >= 0.6 is 15.9 Å². The van der Waals surface area contributed by atoms with E-state index < -0.39 is 11.2 Å². The number of aliphatic hydroxyl groups is 1. The third-order valence-corrected chi connectivity index (χ3v) is 4.53. The average Bonchev–Trinajstić information content (AvgIpc) is 2.99. The standard InChI is InChI=1S/C16H17BrN6O4/c1-21-13-12(14(26)22(2)16(21)27)23(5-6-24)15(19-13)20-18-8-9-3-4-10(17)7-11(9)25/h3-4,7-8,24-25H,5-6H2,1-2H3,(H,19,20)/b18-8-. The van der Waals surface area contributed by atoms with Crippen molar-refractivity contribution in [3.8, 4) is 5.75 Å². The molecule has 0 aliphatic carbocycles. The van der Waals surface area contributed by atoms with Crippen LogP contribution in [0.15, 0.2) is 37.4 Å². The first-order valence-corrected chi connectivity index (χ1v) is 8.69. The van der Waals surface area contributed by atoms with Crippen LogP contribution in [0, 0.1) is 0 Å². The molecule has 0 radical (unpaired) electrons. The van der Waals surface area contributed by atoms with Crippen molar-refractivity contribution < 1.29 is 10.2 Å². The fourth-order valence-electron chi connectivity index (χ4n) is 2.64. The highest BCUT2D eigenvalue weighted by Gasteiger charge is 2.18. The number of phenolic OH excluding ortho intramolecular Hbond substituents is 1. The molecule has 0 atom stereocenters. The van der Waals surface area contributed by atoms with E-state index in [0.29, 0.717) is 5.56 Å². The predicted molar refractivity (Wildman–Crippen MR) is 104 cm³/mol. The second-order valence-corrected chi connectivity index (χ2v) is 6.68. The van der Waals surface area contributed by atoms with Gasteiger partial charge in [-0.15, -0.1) is 0 Å². The molecule has 1 aromatic carbocycles. The highest BCUT2D eigenvalue weighted by molar-refractivity contribution is 9.10. The van der Waals surface area contributed by atoms with E-state index in [0.717, 1.165) is 9.04 Å². The van der Waals surface area contributed by atoms with Gasteiger partial charge in [0.2, 0.25) is 5.95 Å². The normalized spacial score (nSPS) is 11.6. The number of rotatable bonds is 5. The van der Waals surface area contributed by atoms with E-state index in [-0.39, 0.29) is 36.0 Å². The van der Waals surface area contributed by atoms with Crippen LogP contribution in [0.25, 0.3) is 11.2 Å². The summed E-state index contributed by atoms with van der Waals surface area (Å²) in [7, 11) is 2.88. The molecule has 0 amide bonds.